The van der Waals surface area contributed by atoms with Crippen LogP contribution in [0.1, 0.15) is 17.3 Å². The van der Waals surface area contributed by atoms with Gasteiger partial charge in [-0.3, -0.25) is 0 Å². The van der Waals surface area contributed by atoms with Gasteiger partial charge in [-0.15, -0.1) is 10.2 Å². The van der Waals surface area contributed by atoms with E-state index < -0.39 is 5.97 Å². The number of hydrogen-bond donors (Lipinski definition) is 0. The van der Waals surface area contributed by atoms with E-state index in [0.29, 0.717) is 34.1 Å². The minimum absolute atomic E-state index is 0.302. The number of rotatable bonds is 5. The van der Waals surface area contributed by atoms with Crippen LogP contribution in [0.15, 0.2) is 55.8 Å². The summed E-state index contributed by atoms with van der Waals surface area (Å²) in [5, 5.41) is 8.76. The highest BCUT2D eigenvalue weighted by Crippen LogP contribution is 2.28. The Labute approximate surface area is 129 Å². The molecule has 3 aromatic rings. The Balaban J connectivity index is 1.70. The molecule has 3 aromatic heterocycles. The first-order chi connectivity index (χ1) is 10.8. The number of esters is 1. The average Bonchev–Trinajstić information content (AvgIpc) is 3.19. The molecular weight excluding hydrogens is 306 g/mol. The van der Waals surface area contributed by atoms with Crippen molar-refractivity contribution in [2.45, 2.75) is 17.2 Å². The van der Waals surface area contributed by atoms with Crippen LogP contribution in [-0.4, -0.2) is 27.8 Å². The Morgan fingerprint density at radius 1 is 1.32 bits per heavy atom. The van der Waals surface area contributed by atoms with Crippen molar-refractivity contribution in [3.05, 3.63) is 42.3 Å². The molecule has 0 radical (unpaired) electrons. The Morgan fingerprint density at radius 2 is 2.23 bits per heavy atom. The van der Waals surface area contributed by atoms with E-state index >= 15 is 0 Å². The van der Waals surface area contributed by atoms with Crippen LogP contribution in [0.4, 0.5) is 0 Å². The fourth-order valence-electron chi connectivity index (χ4n) is 1.62. The Bertz CT molecular complexity index is 753. The van der Waals surface area contributed by atoms with Crippen molar-refractivity contribution < 1.29 is 18.4 Å². The third-order valence-corrected chi connectivity index (χ3v) is 3.37. The van der Waals surface area contributed by atoms with Gasteiger partial charge in [0.15, 0.2) is 5.76 Å². The zero-order valence-electron chi connectivity index (χ0n) is 11.6. The minimum atomic E-state index is -0.399. The number of carbonyl (C=O) groups excluding carboxylic acids is 1. The molecule has 0 aliphatic carbocycles. The zero-order valence-corrected chi connectivity index (χ0v) is 12.4. The van der Waals surface area contributed by atoms with Crippen molar-refractivity contribution in [1.29, 1.82) is 0 Å². The van der Waals surface area contributed by atoms with E-state index in [-0.39, 0.29) is 0 Å². The quantitative estimate of drug-likeness (QED) is 0.663. The lowest BCUT2D eigenvalue weighted by Gasteiger charge is -2.01. The van der Waals surface area contributed by atoms with Crippen LogP contribution in [0.5, 0.6) is 0 Å². The molecule has 3 heterocycles. The molecule has 0 saturated carbocycles. The second kappa shape index (κ2) is 6.44. The lowest BCUT2D eigenvalue weighted by Crippen LogP contribution is -2.04. The Morgan fingerprint density at radius 3 is 2.91 bits per heavy atom. The van der Waals surface area contributed by atoms with Gasteiger partial charge in [0.2, 0.25) is 0 Å². The van der Waals surface area contributed by atoms with E-state index in [1.807, 2.05) is 0 Å². The van der Waals surface area contributed by atoms with Gasteiger partial charge in [-0.2, -0.15) is 0 Å². The highest BCUT2D eigenvalue weighted by Gasteiger charge is 2.13. The molecule has 0 atom stereocenters. The molecule has 7 nitrogen and oxygen atoms in total. The van der Waals surface area contributed by atoms with Gasteiger partial charge in [-0.25, -0.2) is 9.78 Å². The van der Waals surface area contributed by atoms with E-state index in [1.54, 1.807) is 31.2 Å². The van der Waals surface area contributed by atoms with Gasteiger partial charge in [0.25, 0.3) is 11.1 Å². The molecule has 22 heavy (non-hydrogen) atoms. The monoisotopic (exact) mass is 317 g/mol. The number of carbonyl (C=O) groups is 1. The SMILES string of the molecule is CCOC(=O)c1ccc(Sc2nnc(-c3ccco3)o2)nc1. The number of hydrogen-bond acceptors (Lipinski definition) is 8. The summed E-state index contributed by atoms with van der Waals surface area (Å²) in [6.07, 6.45) is 2.98. The number of pyridine rings is 1. The van der Waals surface area contributed by atoms with Crippen LogP contribution in [0.3, 0.4) is 0 Å². The van der Waals surface area contributed by atoms with Crippen molar-refractivity contribution in [2.24, 2.45) is 0 Å². The minimum Gasteiger partial charge on any atom is -0.462 e. The second-order valence-corrected chi connectivity index (χ2v) is 5.03. The summed E-state index contributed by atoms with van der Waals surface area (Å²) >= 11 is 1.19. The Hall–Kier alpha value is -2.61. The van der Waals surface area contributed by atoms with Crippen molar-refractivity contribution >= 4 is 17.7 Å². The fourth-order valence-corrected chi connectivity index (χ4v) is 2.24. The highest BCUT2D eigenvalue weighted by molar-refractivity contribution is 7.99. The van der Waals surface area contributed by atoms with Gasteiger partial charge in [0.05, 0.1) is 18.4 Å². The summed E-state index contributed by atoms with van der Waals surface area (Å²) in [6.45, 7) is 2.08. The van der Waals surface area contributed by atoms with Crippen molar-refractivity contribution in [3.63, 3.8) is 0 Å². The molecule has 0 fully saturated rings. The van der Waals surface area contributed by atoms with Gasteiger partial charge in [-0.05, 0) is 43.0 Å². The second-order valence-electron chi connectivity index (χ2n) is 4.06. The molecule has 0 amide bonds. The standard InChI is InChI=1S/C14H11N3O4S/c1-2-19-13(18)9-5-6-11(15-8-9)22-14-17-16-12(21-14)10-4-3-7-20-10/h3-8H,2H2,1H3. The number of ether oxygens (including phenoxy) is 1. The first-order valence-electron chi connectivity index (χ1n) is 6.44. The van der Waals surface area contributed by atoms with Gasteiger partial charge in [-0.1, -0.05) is 0 Å². The predicted molar refractivity (Wildman–Crippen MR) is 76.3 cm³/mol. The smallest absolute Gasteiger partial charge is 0.339 e. The molecule has 0 spiro atoms. The predicted octanol–water partition coefficient (Wildman–Crippen LogP) is 3.05. The lowest BCUT2D eigenvalue weighted by atomic mass is 10.3. The van der Waals surface area contributed by atoms with Gasteiger partial charge in [0, 0.05) is 6.20 Å². The van der Waals surface area contributed by atoms with Gasteiger partial charge < -0.3 is 13.6 Å². The maximum atomic E-state index is 11.5. The lowest BCUT2D eigenvalue weighted by molar-refractivity contribution is 0.0525. The molecular formula is C14H11N3O4S. The third kappa shape index (κ3) is 3.17. The molecule has 0 aliphatic heterocycles. The topological polar surface area (TPSA) is 91.2 Å². The van der Waals surface area contributed by atoms with E-state index in [9.17, 15) is 4.79 Å². The fraction of sp³-hybridized carbons (Fsp3) is 0.143. The van der Waals surface area contributed by atoms with E-state index in [0.717, 1.165) is 0 Å². The summed E-state index contributed by atoms with van der Waals surface area (Å²) in [5.74, 6) is 0.407. The van der Waals surface area contributed by atoms with E-state index in [1.165, 1.54) is 24.2 Å². The number of aromatic nitrogens is 3. The summed E-state index contributed by atoms with van der Waals surface area (Å²) < 4.78 is 15.5. The molecule has 0 aliphatic rings. The number of nitrogens with zero attached hydrogens (tertiary/aromatic N) is 3. The first-order valence-corrected chi connectivity index (χ1v) is 7.26. The van der Waals surface area contributed by atoms with Crippen LogP contribution >= 0.6 is 11.8 Å². The summed E-state index contributed by atoms with van der Waals surface area (Å²) in [6, 6.07) is 6.79. The number of furan rings is 1. The maximum Gasteiger partial charge on any atom is 0.339 e. The molecule has 112 valence electrons. The molecule has 0 N–H and O–H groups in total. The van der Waals surface area contributed by atoms with Crippen LogP contribution in [0.2, 0.25) is 0 Å². The van der Waals surface area contributed by atoms with Gasteiger partial charge in [0.1, 0.15) is 5.03 Å². The van der Waals surface area contributed by atoms with Gasteiger partial charge >= 0.3 is 5.97 Å². The summed E-state index contributed by atoms with van der Waals surface area (Å²) in [5.41, 5.74) is 0.396. The summed E-state index contributed by atoms with van der Waals surface area (Å²) in [7, 11) is 0. The molecule has 0 bridgehead atoms. The first kappa shape index (κ1) is 14.3. The highest BCUT2D eigenvalue weighted by atomic mass is 32.2. The summed E-state index contributed by atoms with van der Waals surface area (Å²) in [4.78, 5) is 15.7. The van der Waals surface area contributed by atoms with Crippen LogP contribution in [0.25, 0.3) is 11.7 Å². The van der Waals surface area contributed by atoms with Crippen LogP contribution in [-0.2, 0) is 4.74 Å². The van der Waals surface area contributed by atoms with Crippen LogP contribution in [0, 0.1) is 0 Å². The van der Waals surface area contributed by atoms with E-state index in [4.69, 9.17) is 13.6 Å². The third-order valence-electron chi connectivity index (χ3n) is 2.58. The molecule has 3 rings (SSSR count). The Kier molecular flexibility index (Phi) is 4.19. The van der Waals surface area contributed by atoms with E-state index in [2.05, 4.69) is 15.2 Å². The molecule has 0 saturated heterocycles. The van der Waals surface area contributed by atoms with Crippen molar-refractivity contribution in [1.82, 2.24) is 15.2 Å². The normalized spacial score (nSPS) is 10.6. The van der Waals surface area contributed by atoms with Crippen LogP contribution < -0.4 is 0 Å². The maximum absolute atomic E-state index is 11.5. The van der Waals surface area contributed by atoms with Crippen molar-refractivity contribution in [3.8, 4) is 11.7 Å². The zero-order chi connectivity index (χ0) is 15.4. The molecule has 0 unspecified atom stereocenters. The van der Waals surface area contributed by atoms with Crippen molar-refractivity contribution in [2.75, 3.05) is 6.61 Å². The average molecular weight is 317 g/mol. The molecule has 0 aromatic carbocycles. The largest absolute Gasteiger partial charge is 0.462 e. The molecule has 8 heteroatoms.